The highest BCUT2D eigenvalue weighted by atomic mass is 32.2. The molecule has 4 unspecified atom stereocenters. The van der Waals surface area contributed by atoms with Crippen molar-refractivity contribution >= 4 is 54.0 Å². The Bertz CT molecular complexity index is 649. The molecule has 31 heavy (non-hydrogen) atoms. The van der Waals surface area contributed by atoms with Gasteiger partial charge >= 0.3 is 5.97 Å². The van der Waals surface area contributed by atoms with Crippen LogP contribution in [0, 0.1) is 5.92 Å². The molecule has 0 bridgehead atoms. The van der Waals surface area contributed by atoms with Gasteiger partial charge in [0.1, 0.15) is 18.1 Å². The summed E-state index contributed by atoms with van der Waals surface area (Å²) < 4.78 is 0. The summed E-state index contributed by atoms with van der Waals surface area (Å²) in [5, 5.41) is 16.6. The summed E-state index contributed by atoms with van der Waals surface area (Å²) in [6.07, 6.45) is 1.73. The topological polar surface area (TPSA) is 194 Å². The van der Waals surface area contributed by atoms with Crippen molar-refractivity contribution < 1.29 is 29.1 Å². The van der Waals surface area contributed by atoms with Crippen LogP contribution < -0.4 is 27.4 Å². The fraction of sp³-hybridized carbons (Fsp3) is 0.722. The first-order valence-electron chi connectivity index (χ1n) is 9.70. The molecule has 0 aromatic heterocycles. The predicted octanol–water partition coefficient (Wildman–Crippen LogP) is -1.54. The van der Waals surface area contributed by atoms with Crippen molar-refractivity contribution in [2.75, 3.05) is 17.8 Å². The molecular weight excluding hydrogens is 446 g/mol. The second-order valence-electron chi connectivity index (χ2n) is 7.39. The van der Waals surface area contributed by atoms with Crippen LogP contribution in [0.4, 0.5) is 0 Å². The number of carboxylic acids is 1. The Hall–Kier alpha value is -1.99. The number of carbonyl (C=O) groups is 5. The Labute approximate surface area is 191 Å². The fourth-order valence-electron chi connectivity index (χ4n) is 2.51. The molecule has 0 saturated carbocycles. The standard InChI is InChI=1S/C18H33N5O6S2/c1-9(2)6-12(22-15(25)10(19)8-30)17(27)21-11(4-5-31-3)16(26)23-13(18(28)29)7-14(20)24/h9-13,30H,4-8,19H2,1-3H3,(H2,20,24)(H,21,27)(H,22,25)(H,23,26)(H,28,29). The van der Waals surface area contributed by atoms with E-state index in [4.69, 9.17) is 11.5 Å². The number of hydrogen-bond acceptors (Lipinski definition) is 8. The van der Waals surface area contributed by atoms with E-state index in [9.17, 15) is 29.1 Å². The minimum atomic E-state index is -1.52. The summed E-state index contributed by atoms with van der Waals surface area (Å²) >= 11 is 5.40. The molecule has 0 aromatic carbocycles. The quantitative estimate of drug-likeness (QED) is 0.137. The van der Waals surface area contributed by atoms with Crippen molar-refractivity contribution in [1.29, 1.82) is 0 Å². The minimum absolute atomic E-state index is 0.0497. The number of primary amides is 1. The maximum absolute atomic E-state index is 12.8. The van der Waals surface area contributed by atoms with E-state index in [-0.39, 0.29) is 18.1 Å². The van der Waals surface area contributed by atoms with Gasteiger partial charge in [0.05, 0.1) is 12.5 Å². The van der Waals surface area contributed by atoms with E-state index in [0.717, 1.165) is 0 Å². The Kier molecular flexibility index (Phi) is 14.0. The average molecular weight is 480 g/mol. The number of hydrogen-bond donors (Lipinski definition) is 7. The van der Waals surface area contributed by atoms with Crippen molar-refractivity contribution in [3.05, 3.63) is 0 Å². The lowest BCUT2D eigenvalue weighted by Gasteiger charge is -2.25. The first-order chi connectivity index (χ1) is 14.4. The molecule has 0 fully saturated rings. The second kappa shape index (κ2) is 14.9. The van der Waals surface area contributed by atoms with Crippen molar-refractivity contribution in [3.63, 3.8) is 0 Å². The third kappa shape index (κ3) is 11.8. The van der Waals surface area contributed by atoms with Gasteiger partial charge in [0.25, 0.3) is 0 Å². The molecule has 0 radical (unpaired) electrons. The first-order valence-corrected chi connectivity index (χ1v) is 11.7. The van der Waals surface area contributed by atoms with Crippen molar-refractivity contribution in [3.8, 4) is 0 Å². The van der Waals surface area contributed by atoms with Gasteiger partial charge in [-0.3, -0.25) is 19.2 Å². The summed E-state index contributed by atoms with van der Waals surface area (Å²) in [6, 6.07) is -4.42. The molecule has 13 heteroatoms. The van der Waals surface area contributed by atoms with Crippen LogP contribution in [-0.2, 0) is 24.0 Å². The molecule has 0 heterocycles. The van der Waals surface area contributed by atoms with Crippen LogP contribution in [0.15, 0.2) is 0 Å². The van der Waals surface area contributed by atoms with Crippen molar-refractivity contribution in [2.24, 2.45) is 17.4 Å². The van der Waals surface area contributed by atoms with Crippen LogP contribution in [0.1, 0.15) is 33.1 Å². The van der Waals surface area contributed by atoms with Gasteiger partial charge < -0.3 is 32.5 Å². The van der Waals surface area contributed by atoms with Gasteiger partial charge in [-0.1, -0.05) is 13.8 Å². The Morgan fingerprint density at radius 2 is 1.48 bits per heavy atom. The fourth-order valence-corrected chi connectivity index (χ4v) is 3.15. The van der Waals surface area contributed by atoms with Crippen molar-refractivity contribution in [1.82, 2.24) is 16.0 Å². The minimum Gasteiger partial charge on any atom is -0.480 e. The van der Waals surface area contributed by atoms with Gasteiger partial charge in [-0.05, 0) is 30.8 Å². The zero-order chi connectivity index (χ0) is 24.1. The van der Waals surface area contributed by atoms with Gasteiger partial charge in [0, 0.05) is 5.75 Å². The van der Waals surface area contributed by atoms with Gasteiger partial charge in [0.15, 0.2) is 0 Å². The van der Waals surface area contributed by atoms with E-state index in [2.05, 4.69) is 28.6 Å². The molecule has 0 saturated heterocycles. The molecule has 0 rings (SSSR count). The maximum Gasteiger partial charge on any atom is 0.326 e. The Morgan fingerprint density at radius 1 is 0.968 bits per heavy atom. The molecule has 178 valence electrons. The number of thioether (sulfide) groups is 1. The smallest absolute Gasteiger partial charge is 0.326 e. The van der Waals surface area contributed by atoms with Crippen molar-refractivity contribution in [2.45, 2.75) is 57.3 Å². The van der Waals surface area contributed by atoms with Crippen LogP contribution in [0.2, 0.25) is 0 Å². The van der Waals surface area contributed by atoms with Crippen LogP contribution in [0.25, 0.3) is 0 Å². The summed E-state index contributed by atoms with van der Waals surface area (Å²) in [7, 11) is 0. The molecule has 11 nitrogen and oxygen atoms in total. The number of nitrogens with one attached hydrogen (secondary N) is 3. The molecule has 0 aromatic rings. The van der Waals surface area contributed by atoms with Gasteiger partial charge in [0.2, 0.25) is 23.6 Å². The third-order valence-corrected chi connectivity index (χ3v) is 5.17. The van der Waals surface area contributed by atoms with Crippen LogP contribution in [-0.4, -0.2) is 76.6 Å². The number of carbonyl (C=O) groups excluding carboxylic acids is 4. The number of amides is 4. The van der Waals surface area contributed by atoms with Crippen LogP contribution in [0.5, 0.6) is 0 Å². The molecule has 4 atom stereocenters. The Morgan fingerprint density at radius 3 is 1.94 bits per heavy atom. The molecule has 0 spiro atoms. The molecule has 4 amide bonds. The highest BCUT2D eigenvalue weighted by Crippen LogP contribution is 2.08. The zero-order valence-corrected chi connectivity index (χ0v) is 19.6. The summed E-state index contributed by atoms with van der Waals surface area (Å²) in [4.78, 5) is 60.0. The molecule has 0 aliphatic heterocycles. The number of carboxylic acid groups (broad SMARTS) is 1. The van der Waals surface area contributed by atoms with E-state index in [1.165, 1.54) is 11.8 Å². The monoisotopic (exact) mass is 479 g/mol. The molecule has 0 aliphatic rings. The van der Waals surface area contributed by atoms with E-state index >= 15 is 0 Å². The lowest BCUT2D eigenvalue weighted by molar-refractivity contribution is -0.143. The summed E-state index contributed by atoms with van der Waals surface area (Å²) in [6.45, 7) is 3.73. The second-order valence-corrected chi connectivity index (χ2v) is 8.74. The normalized spacial score (nSPS) is 14.8. The summed E-state index contributed by atoms with van der Waals surface area (Å²) in [5.74, 6) is -3.59. The highest BCUT2D eigenvalue weighted by Gasteiger charge is 2.30. The van der Waals surface area contributed by atoms with E-state index in [1.807, 2.05) is 20.1 Å². The number of thiol groups is 1. The van der Waals surface area contributed by atoms with Crippen LogP contribution >= 0.6 is 24.4 Å². The van der Waals surface area contributed by atoms with Crippen LogP contribution in [0.3, 0.4) is 0 Å². The third-order valence-electron chi connectivity index (χ3n) is 4.14. The van der Waals surface area contributed by atoms with E-state index in [0.29, 0.717) is 12.2 Å². The average Bonchev–Trinajstić information content (AvgIpc) is 2.68. The largest absolute Gasteiger partial charge is 0.480 e. The lowest BCUT2D eigenvalue weighted by Crippen LogP contribution is -2.57. The molecule has 0 aliphatic carbocycles. The van der Waals surface area contributed by atoms with E-state index in [1.54, 1.807) is 0 Å². The highest BCUT2D eigenvalue weighted by molar-refractivity contribution is 7.98. The summed E-state index contributed by atoms with van der Waals surface area (Å²) in [5.41, 5.74) is 10.7. The first kappa shape index (κ1) is 29.0. The van der Waals surface area contributed by atoms with Gasteiger partial charge in [-0.15, -0.1) is 0 Å². The predicted molar refractivity (Wildman–Crippen MR) is 122 cm³/mol. The SMILES string of the molecule is CSCCC(NC(=O)C(CC(C)C)NC(=O)C(N)CS)C(=O)NC(CC(N)=O)C(=O)O. The van der Waals surface area contributed by atoms with E-state index < -0.39 is 60.2 Å². The number of nitrogens with two attached hydrogens (primary N) is 2. The number of rotatable bonds is 15. The molecular formula is C18H33N5O6S2. The zero-order valence-electron chi connectivity index (χ0n) is 17.9. The van der Waals surface area contributed by atoms with Gasteiger partial charge in [-0.25, -0.2) is 4.79 Å². The molecule has 8 N–H and O–H groups in total. The Balaban J connectivity index is 5.43. The lowest BCUT2D eigenvalue weighted by atomic mass is 10.0. The number of aliphatic carboxylic acids is 1. The maximum atomic E-state index is 12.8. The van der Waals surface area contributed by atoms with Gasteiger partial charge in [-0.2, -0.15) is 24.4 Å².